The van der Waals surface area contributed by atoms with Crippen LogP contribution in [0.4, 0.5) is 4.39 Å². The number of likely N-dealkylation sites (tertiary alicyclic amines) is 1. The molecule has 1 saturated heterocycles. The molecular formula is C17H18FN3O3S. The van der Waals surface area contributed by atoms with Crippen molar-refractivity contribution in [3.63, 3.8) is 0 Å². The molecule has 3 rings (SSSR count). The van der Waals surface area contributed by atoms with Crippen LogP contribution in [0.15, 0.2) is 40.4 Å². The number of nitrogens with one attached hydrogen (secondary N) is 1. The smallest absolute Gasteiger partial charge is 0.264 e. The molecule has 1 aromatic carbocycles. The van der Waals surface area contributed by atoms with E-state index in [0.717, 1.165) is 0 Å². The molecule has 132 valence electrons. The molecule has 6 nitrogen and oxygen atoms in total. The predicted octanol–water partition coefficient (Wildman–Crippen LogP) is 2.31. The zero-order chi connectivity index (χ0) is 17.8. The predicted molar refractivity (Wildman–Crippen MR) is 92.6 cm³/mol. The summed E-state index contributed by atoms with van der Waals surface area (Å²) in [5, 5.41) is 0.476. The number of halogens is 1. The number of thioether (sulfide) groups is 1. The zero-order valence-electron chi connectivity index (χ0n) is 13.7. The Hall–Kier alpha value is -2.35. The fourth-order valence-electron chi connectivity index (χ4n) is 2.71. The molecule has 0 radical (unpaired) electrons. The summed E-state index contributed by atoms with van der Waals surface area (Å²) in [4.78, 5) is 32.8. The molecular weight excluding hydrogens is 345 g/mol. The number of hydrogen-bond donors (Lipinski definition) is 1. The molecule has 1 N–H and O–H groups in total. The Labute approximate surface area is 148 Å². The van der Waals surface area contributed by atoms with E-state index in [-0.39, 0.29) is 23.4 Å². The Morgan fingerprint density at radius 2 is 2.16 bits per heavy atom. The van der Waals surface area contributed by atoms with Gasteiger partial charge < -0.3 is 14.6 Å². The maximum atomic E-state index is 13.2. The maximum Gasteiger partial charge on any atom is 0.264 e. The summed E-state index contributed by atoms with van der Waals surface area (Å²) in [6.45, 7) is 0.949. The Bertz CT molecular complexity index is 819. The van der Waals surface area contributed by atoms with Crippen LogP contribution in [0.1, 0.15) is 23.2 Å². The normalized spacial score (nSPS) is 15.2. The number of aromatic amines is 1. The first-order valence-corrected chi connectivity index (χ1v) is 9.14. The van der Waals surface area contributed by atoms with Gasteiger partial charge in [-0.25, -0.2) is 9.37 Å². The summed E-state index contributed by atoms with van der Waals surface area (Å²) < 4.78 is 19.0. The monoisotopic (exact) mass is 363 g/mol. The third-order valence-corrected chi connectivity index (χ3v) is 4.62. The quantitative estimate of drug-likeness (QED) is 0.666. The standard InChI is InChI=1S/C17H18FN3O3S/c1-25-17-19-10-14(15(22)20-17)16(23)21-7-5-12(6-8-21)24-13-4-2-3-11(18)9-13/h2-4,9-10,12H,5-8H2,1H3,(H,19,20,22). The van der Waals surface area contributed by atoms with Crippen LogP contribution in [0.2, 0.25) is 0 Å². The van der Waals surface area contributed by atoms with Crippen molar-refractivity contribution < 1.29 is 13.9 Å². The molecule has 0 unspecified atom stereocenters. The first-order chi connectivity index (χ1) is 12.1. The van der Waals surface area contributed by atoms with Gasteiger partial charge in [0.2, 0.25) is 0 Å². The molecule has 1 fully saturated rings. The lowest BCUT2D eigenvalue weighted by Gasteiger charge is -2.32. The van der Waals surface area contributed by atoms with Crippen LogP contribution in [0, 0.1) is 5.82 Å². The number of hydrogen-bond acceptors (Lipinski definition) is 5. The number of amides is 1. The second-order valence-electron chi connectivity index (χ2n) is 5.70. The largest absolute Gasteiger partial charge is 0.490 e. The number of rotatable bonds is 4. The van der Waals surface area contributed by atoms with Gasteiger partial charge in [-0.15, -0.1) is 0 Å². The molecule has 0 bridgehead atoms. The summed E-state index contributed by atoms with van der Waals surface area (Å²) in [6.07, 6.45) is 4.28. The number of nitrogens with zero attached hydrogens (tertiary/aromatic N) is 2. The first kappa shape index (κ1) is 17.5. The van der Waals surface area contributed by atoms with E-state index < -0.39 is 5.56 Å². The average Bonchev–Trinajstić information content (AvgIpc) is 2.62. The molecule has 0 spiro atoms. The van der Waals surface area contributed by atoms with E-state index in [1.54, 1.807) is 23.3 Å². The average molecular weight is 363 g/mol. The number of ether oxygens (including phenoxy) is 1. The summed E-state index contributed by atoms with van der Waals surface area (Å²) in [6, 6.07) is 6.01. The SMILES string of the molecule is CSc1ncc(C(=O)N2CCC(Oc3cccc(F)c3)CC2)c(=O)[nH]1. The van der Waals surface area contributed by atoms with Crippen molar-refractivity contribution in [2.24, 2.45) is 0 Å². The molecule has 1 aliphatic heterocycles. The van der Waals surface area contributed by atoms with Crippen molar-refractivity contribution in [1.29, 1.82) is 0 Å². The Morgan fingerprint density at radius 1 is 1.40 bits per heavy atom. The second-order valence-corrected chi connectivity index (χ2v) is 6.50. The van der Waals surface area contributed by atoms with Crippen LogP contribution in [-0.4, -0.2) is 46.2 Å². The lowest BCUT2D eigenvalue weighted by atomic mass is 10.1. The molecule has 2 heterocycles. The van der Waals surface area contributed by atoms with Crippen LogP contribution in [0.5, 0.6) is 5.75 Å². The van der Waals surface area contributed by atoms with Gasteiger partial charge in [-0.2, -0.15) is 0 Å². The van der Waals surface area contributed by atoms with E-state index in [4.69, 9.17) is 4.74 Å². The van der Waals surface area contributed by atoms with Gasteiger partial charge in [0.1, 0.15) is 23.2 Å². The molecule has 0 atom stereocenters. The van der Waals surface area contributed by atoms with Gasteiger partial charge in [0.15, 0.2) is 5.16 Å². The van der Waals surface area contributed by atoms with Gasteiger partial charge in [-0.1, -0.05) is 17.8 Å². The Kier molecular flexibility index (Phi) is 5.37. The molecule has 0 saturated carbocycles. The number of piperidine rings is 1. The van der Waals surface area contributed by atoms with E-state index in [2.05, 4.69) is 9.97 Å². The second kappa shape index (κ2) is 7.69. The summed E-state index contributed by atoms with van der Waals surface area (Å²) >= 11 is 1.31. The molecule has 1 aliphatic rings. The Morgan fingerprint density at radius 3 is 2.80 bits per heavy atom. The van der Waals surface area contributed by atoms with Gasteiger partial charge >= 0.3 is 0 Å². The fourth-order valence-corrected chi connectivity index (χ4v) is 3.07. The van der Waals surface area contributed by atoms with E-state index in [1.165, 1.54) is 30.1 Å². The highest BCUT2D eigenvalue weighted by atomic mass is 32.2. The van der Waals surface area contributed by atoms with Crippen LogP contribution in [0.3, 0.4) is 0 Å². The number of carbonyl (C=O) groups excluding carboxylic acids is 1. The number of carbonyl (C=O) groups is 1. The van der Waals surface area contributed by atoms with Crippen LogP contribution < -0.4 is 10.3 Å². The fraction of sp³-hybridized carbons (Fsp3) is 0.353. The van der Waals surface area contributed by atoms with E-state index >= 15 is 0 Å². The van der Waals surface area contributed by atoms with Gasteiger partial charge in [-0.3, -0.25) is 9.59 Å². The highest BCUT2D eigenvalue weighted by Crippen LogP contribution is 2.20. The lowest BCUT2D eigenvalue weighted by molar-refractivity contribution is 0.0593. The third kappa shape index (κ3) is 4.19. The highest BCUT2D eigenvalue weighted by molar-refractivity contribution is 7.98. The molecule has 8 heteroatoms. The minimum atomic E-state index is -0.428. The van der Waals surface area contributed by atoms with Crippen LogP contribution in [-0.2, 0) is 0 Å². The van der Waals surface area contributed by atoms with E-state index in [0.29, 0.717) is 36.8 Å². The van der Waals surface area contributed by atoms with Gasteiger partial charge in [0, 0.05) is 38.2 Å². The van der Waals surface area contributed by atoms with E-state index in [9.17, 15) is 14.0 Å². The maximum absolute atomic E-state index is 13.2. The van der Waals surface area contributed by atoms with Crippen molar-refractivity contribution in [2.75, 3.05) is 19.3 Å². The van der Waals surface area contributed by atoms with Crippen LogP contribution in [0.25, 0.3) is 0 Å². The van der Waals surface area contributed by atoms with Crippen molar-refractivity contribution in [3.8, 4) is 5.75 Å². The molecule has 25 heavy (non-hydrogen) atoms. The minimum Gasteiger partial charge on any atom is -0.490 e. The van der Waals surface area contributed by atoms with Crippen molar-refractivity contribution in [1.82, 2.24) is 14.9 Å². The van der Waals surface area contributed by atoms with Gasteiger partial charge in [-0.05, 0) is 18.4 Å². The summed E-state index contributed by atoms with van der Waals surface area (Å²) in [5.74, 6) is -0.186. The highest BCUT2D eigenvalue weighted by Gasteiger charge is 2.26. The minimum absolute atomic E-state index is 0.0438. The number of aromatic nitrogens is 2. The lowest BCUT2D eigenvalue weighted by Crippen LogP contribution is -2.43. The molecule has 1 aromatic heterocycles. The third-order valence-electron chi connectivity index (χ3n) is 4.03. The topological polar surface area (TPSA) is 75.3 Å². The van der Waals surface area contributed by atoms with Gasteiger partial charge in [0.25, 0.3) is 11.5 Å². The Balaban J connectivity index is 1.60. The van der Waals surface area contributed by atoms with Crippen LogP contribution >= 0.6 is 11.8 Å². The first-order valence-electron chi connectivity index (χ1n) is 7.91. The van der Waals surface area contributed by atoms with Crippen molar-refractivity contribution >= 4 is 17.7 Å². The summed E-state index contributed by atoms with van der Waals surface area (Å²) in [7, 11) is 0. The molecule has 2 aromatic rings. The number of H-pyrrole nitrogens is 1. The zero-order valence-corrected chi connectivity index (χ0v) is 14.5. The van der Waals surface area contributed by atoms with Crippen molar-refractivity contribution in [3.05, 3.63) is 52.2 Å². The molecule has 1 amide bonds. The van der Waals surface area contributed by atoms with Crippen molar-refractivity contribution in [2.45, 2.75) is 24.1 Å². The molecule has 0 aliphatic carbocycles. The summed E-state index contributed by atoms with van der Waals surface area (Å²) in [5.41, 5.74) is -0.384. The van der Waals surface area contributed by atoms with E-state index in [1.807, 2.05) is 0 Å². The number of benzene rings is 1. The van der Waals surface area contributed by atoms with Gasteiger partial charge in [0.05, 0.1) is 0 Å².